The Bertz CT molecular complexity index is 1030. The Morgan fingerprint density at radius 1 is 0.880 bits per heavy atom. The Balaban J connectivity index is 1.98. The van der Waals surface area contributed by atoms with Gasteiger partial charge >= 0.3 is 0 Å². The molecule has 1 N–H and O–H groups in total. The van der Waals surface area contributed by atoms with Crippen molar-refractivity contribution in [2.75, 3.05) is 4.72 Å². The number of hydrogen-bond acceptors (Lipinski definition) is 3. The number of anilines is 1. The molecule has 0 aromatic heterocycles. The molecule has 0 aliphatic rings. The van der Waals surface area contributed by atoms with Crippen molar-refractivity contribution in [3.63, 3.8) is 0 Å². The summed E-state index contributed by atoms with van der Waals surface area (Å²) in [5, 5.41) is 8.91. The van der Waals surface area contributed by atoms with Gasteiger partial charge in [0.2, 0.25) is 0 Å². The lowest BCUT2D eigenvalue weighted by Crippen LogP contribution is -2.13. The van der Waals surface area contributed by atoms with Gasteiger partial charge in [0.1, 0.15) is 0 Å². The zero-order valence-corrected chi connectivity index (χ0v) is 14.4. The fraction of sp³-hybridized carbons (Fsp3) is 0.0500. The lowest BCUT2D eigenvalue weighted by Gasteiger charge is -2.13. The van der Waals surface area contributed by atoms with Crippen LogP contribution in [-0.4, -0.2) is 8.42 Å². The largest absolute Gasteiger partial charge is 0.279 e. The molecule has 0 spiro atoms. The van der Waals surface area contributed by atoms with Crippen molar-refractivity contribution >= 4 is 15.7 Å². The normalized spacial score (nSPS) is 10.9. The number of nitriles is 1. The molecule has 3 aromatic rings. The summed E-state index contributed by atoms with van der Waals surface area (Å²) in [4.78, 5) is 0.215. The molecule has 3 rings (SSSR count). The maximum Gasteiger partial charge on any atom is 0.261 e. The van der Waals surface area contributed by atoms with Gasteiger partial charge in [0.15, 0.2) is 0 Å². The highest BCUT2D eigenvalue weighted by Crippen LogP contribution is 2.29. The van der Waals surface area contributed by atoms with Gasteiger partial charge in [-0.3, -0.25) is 4.72 Å². The van der Waals surface area contributed by atoms with Gasteiger partial charge in [-0.05, 0) is 42.8 Å². The van der Waals surface area contributed by atoms with Gasteiger partial charge in [-0.15, -0.1) is 0 Å². The van der Waals surface area contributed by atoms with Crippen LogP contribution in [0.3, 0.4) is 0 Å². The predicted octanol–water partition coefficient (Wildman–Crippen LogP) is 4.33. The summed E-state index contributed by atoms with van der Waals surface area (Å²) in [6, 6.07) is 23.0. The van der Waals surface area contributed by atoms with Crippen LogP contribution in [0.25, 0.3) is 11.1 Å². The van der Waals surface area contributed by atoms with E-state index in [1.54, 1.807) is 60.7 Å². The van der Waals surface area contributed by atoms with Crippen LogP contribution in [0.4, 0.5) is 5.69 Å². The van der Waals surface area contributed by atoms with Gasteiger partial charge in [0.05, 0.1) is 22.2 Å². The maximum atomic E-state index is 12.6. The molecule has 0 unspecified atom stereocenters. The van der Waals surface area contributed by atoms with E-state index in [2.05, 4.69) is 10.8 Å². The summed E-state index contributed by atoms with van der Waals surface area (Å²) >= 11 is 0. The summed E-state index contributed by atoms with van der Waals surface area (Å²) in [6.45, 7) is 1.91. The smallest absolute Gasteiger partial charge is 0.261 e. The molecule has 0 saturated heterocycles. The summed E-state index contributed by atoms with van der Waals surface area (Å²) < 4.78 is 27.9. The summed E-state index contributed by atoms with van der Waals surface area (Å²) in [7, 11) is -3.68. The lowest BCUT2D eigenvalue weighted by molar-refractivity contribution is 0.601. The summed E-state index contributed by atoms with van der Waals surface area (Å²) in [5.41, 5.74) is 3.63. The van der Waals surface area contributed by atoms with Gasteiger partial charge in [0.25, 0.3) is 10.0 Å². The molecule has 3 aromatic carbocycles. The highest BCUT2D eigenvalue weighted by Gasteiger charge is 2.16. The second-order valence-corrected chi connectivity index (χ2v) is 7.34. The van der Waals surface area contributed by atoms with Gasteiger partial charge in [0, 0.05) is 5.56 Å². The number of aryl methyl sites for hydroxylation is 1. The Hall–Kier alpha value is -3.10. The fourth-order valence-corrected chi connectivity index (χ4v) is 3.55. The van der Waals surface area contributed by atoms with Crippen LogP contribution in [0.2, 0.25) is 0 Å². The van der Waals surface area contributed by atoms with Crippen LogP contribution in [0.15, 0.2) is 77.7 Å². The van der Waals surface area contributed by atoms with Crippen molar-refractivity contribution in [3.05, 3.63) is 83.9 Å². The third kappa shape index (κ3) is 3.70. The second-order valence-electron chi connectivity index (χ2n) is 5.65. The van der Waals surface area contributed by atoms with Crippen molar-refractivity contribution in [2.24, 2.45) is 0 Å². The zero-order valence-electron chi connectivity index (χ0n) is 13.6. The highest BCUT2D eigenvalue weighted by molar-refractivity contribution is 7.92. The molecular formula is C20H16N2O2S. The monoisotopic (exact) mass is 348 g/mol. The number of nitrogens with one attached hydrogen (secondary N) is 1. The van der Waals surface area contributed by atoms with Crippen LogP contribution < -0.4 is 4.72 Å². The van der Waals surface area contributed by atoms with Crippen molar-refractivity contribution in [2.45, 2.75) is 11.8 Å². The quantitative estimate of drug-likeness (QED) is 0.763. The van der Waals surface area contributed by atoms with Crippen molar-refractivity contribution in [3.8, 4) is 17.2 Å². The van der Waals surface area contributed by atoms with Crippen molar-refractivity contribution in [1.82, 2.24) is 0 Å². The van der Waals surface area contributed by atoms with E-state index in [1.807, 2.05) is 19.1 Å². The molecule has 0 saturated carbocycles. The first kappa shape index (κ1) is 16.7. The number of para-hydroxylation sites is 1. The van der Waals surface area contributed by atoms with E-state index in [9.17, 15) is 8.42 Å². The first-order chi connectivity index (χ1) is 12.0. The molecule has 124 valence electrons. The van der Waals surface area contributed by atoms with E-state index in [0.29, 0.717) is 11.3 Å². The molecule has 25 heavy (non-hydrogen) atoms. The Labute approximate surface area is 147 Å². The first-order valence-corrected chi connectivity index (χ1v) is 9.17. The summed E-state index contributed by atoms with van der Waals surface area (Å²) in [6.07, 6.45) is 0. The minimum Gasteiger partial charge on any atom is -0.279 e. The molecule has 5 heteroatoms. The van der Waals surface area contributed by atoms with Crippen LogP contribution in [0, 0.1) is 18.3 Å². The molecule has 0 amide bonds. The molecule has 0 radical (unpaired) electrons. The minimum absolute atomic E-state index is 0.215. The highest BCUT2D eigenvalue weighted by atomic mass is 32.2. The standard InChI is InChI=1S/C20H16N2O2S/c1-15-6-12-18(13-7-15)25(23,24)22-20-5-3-2-4-19(20)17-10-8-16(14-21)9-11-17/h2-13,22H,1H3. The minimum atomic E-state index is -3.68. The average molecular weight is 348 g/mol. The van der Waals surface area contributed by atoms with E-state index in [4.69, 9.17) is 5.26 Å². The molecule has 0 aliphatic carbocycles. The van der Waals surface area contributed by atoms with E-state index >= 15 is 0 Å². The number of rotatable bonds is 4. The number of benzene rings is 3. The molecule has 0 heterocycles. The van der Waals surface area contributed by atoms with Crippen molar-refractivity contribution < 1.29 is 8.42 Å². The van der Waals surface area contributed by atoms with Gasteiger partial charge in [-0.1, -0.05) is 48.0 Å². The van der Waals surface area contributed by atoms with E-state index in [1.165, 1.54) is 0 Å². The van der Waals surface area contributed by atoms with Gasteiger partial charge in [-0.2, -0.15) is 5.26 Å². The van der Waals surface area contributed by atoms with Gasteiger partial charge < -0.3 is 0 Å². The Kier molecular flexibility index (Phi) is 4.55. The molecule has 0 bridgehead atoms. The average Bonchev–Trinajstić information content (AvgIpc) is 2.62. The van der Waals surface area contributed by atoms with Crippen LogP contribution >= 0.6 is 0 Å². The molecule has 4 nitrogen and oxygen atoms in total. The molecular weight excluding hydrogens is 332 g/mol. The third-order valence-corrected chi connectivity index (χ3v) is 5.21. The maximum absolute atomic E-state index is 12.6. The van der Waals surface area contributed by atoms with E-state index in [0.717, 1.165) is 16.7 Å². The SMILES string of the molecule is Cc1ccc(S(=O)(=O)Nc2ccccc2-c2ccc(C#N)cc2)cc1. The lowest BCUT2D eigenvalue weighted by atomic mass is 10.0. The fourth-order valence-electron chi connectivity index (χ4n) is 2.47. The Morgan fingerprint density at radius 2 is 1.52 bits per heavy atom. The molecule has 0 fully saturated rings. The van der Waals surface area contributed by atoms with E-state index in [-0.39, 0.29) is 4.90 Å². The Morgan fingerprint density at radius 3 is 2.16 bits per heavy atom. The van der Waals surface area contributed by atoms with Crippen molar-refractivity contribution in [1.29, 1.82) is 5.26 Å². The van der Waals surface area contributed by atoms with Gasteiger partial charge in [-0.25, -0.2) is 8.42 Å². The molecule has 0 aliphatic heterocycles. The predicted molar refractivity (Wildman–Crippen MR) is 98.6 cm³/mol. The van der Waals surface area contributed by atoms with Crippen LogP contribution in [0.5, 0.6) is 0 Å². The number of hydrogen-bond donors (Lipinski definition) is 1. The first-order valence-electron chi connectivity index (χ1n) is 7.69. The van der Waals surface area contributed by atoms with Crippen LogP contribution in [-0.2, 0) is 10.0 Å². The topological polar surface area (TPSA) is 70.0 Å². The van der Waals surface area contributed by atoms with E-state index < -0.39 is 10.0 Å². The molecule has 0 atom stereocenters. The third-order valence-electron chi connectivity index (χ3n) is 3.83. The zero-order chi connectivity index (χ0) is 17.9. The second kappa shape index (κ2) is 6.80. The van der Waals surface area contributed by atoms with Crippen LogP contribution in [0.1, 0.15) is 11.1 Å². The number of nitrogens with zero attached hydrogens (tertiary/aromatic N) is 1. The summed E-state index contributed by atoms with van der Waals surface area (Å²) in [5.74, 6) is 0. The number of sulfonamides is 1.